The molecule has 1 aromatic heterocycles. The first kappa shape index (κ1) is 16.6. The van der Waals surface area contributed by atoms with Crippen LogP contribution in [0.4, 0.5) is 0 Å². The molecule has 130 valence electrons. The smallest absolute Gasteiger partial charge is 0.223 e. The molecule has 10 nitrogen and oxygen atoms in total. The van der Waals surface area contributed by atoms with Gasteiger partial charge < -0.3 is 30.1 Å². The zero-order valence-electron chi connectivity index (χ0n) is 12.7. The summed E-state index contributed by atoms with van der Waals surface area (Å²) in [4.78, 5) is 11.4. The largest absolute Gasteiger partial charge is 0.462 e. The molecule has 10 heteroatoms. The van der Waals surface area contributed by atoms with Crippen molar-refractivity contribution in [2.75, 3.05) is 6.61 Å². The van der Waals surface area contributed by atoms with Gasteiger partial charge in [0.2, 0.25) is 12.2 Å². The van der Waals surface area contributed by atoms with Gasteiger partial charge in [-0.05, 0) is 22.4 Å². The summed E-state index contributed by atoms with van der Waals surface area (Å²) in [5.41, 5.74) is 0.993. The van der Waals surface area contributed by atoms with Crippen LogP contribution in [0, 0.1) is 0 Å². The van der Waals surface area contributed by atoms with E-state index in [0.717, 1.165) is 0 Å². The summed E-state index contributed by atoms with van der Waals surface area (Å²) < 4.78 is 15.7. The third-order valence-electron chi connectivity index (χ3n) is 3.73. The van der Waals surface area contributed by atoms with E-state index >= 15 is 0 Å². The molecule has 5 unspecified atom stereocenters. The molecule has 5 atom stereocenters. The van der Waals surface area contributed by atoms with Gasteiger partial charge in [-0.3, -0.25) is 4.79 Å². The molecule has 0 bridgehead atoms. The van der Waals surface area contributed by atoms with E-state index in [0.29, 0.717) is 16.8 Å². The van der Waals surface area contributed by atoms with Crippen molar-refractivity contribution in [3.8, 4) is 5.75 Å². The minimum atomic E-state index is -1.37. The Kier molecular flexibility index (Phi) is 4.62. The van der Waals surface area contributed by atoms with Gasteiger partial charge in [-0.15, -0.1) is 0 Å². The summed E-state index contributed by atoms with van der Waals surface area (Å²) in [6.45, 7) is 0.749. The van der Waals surface area contributed by atoms with Crippen molar-refractivity contribution in [3.05, 3.63) is 18.2 Å². The molecule has 0 aliphatic carbocycles. The van der Waals surface area contributed by atoms with Crippen molar-refractivity contribution < 1.29 is 34.2 Å². The maximum atomic E-state index is 11.4. The highest BCUT2D eigenvalue weighted by Gasteiger charge is 2.46. The van der Waals surface area contributed by atoms with Crippen molar-refractivity contribution in [2.45, 2.75) is 37.6 Å². The lowest BCUT2D eigenvalue weighted by atomic mass is 9.97. The lowest BCUT2D eigenvalue weighted by Crippen LogP contribution is -2.65. The summed E-state index contributed by atoms with van der Waals surface area (Å²) in [6.07, 6.45) is -4.91. The first-order chi connectivity index (χ1) is 11.5. The Morgan fingerprint density at radius 2 is 2.04 bits per heavy atom. The molecule has 1 aliphatic heterocycles. The number of amides is 1. The van der Waals surface area contributed by atoms with Crippen LogP contribution < -0.4 is 10.1 Å². The number of carbonyl (C=O) groups excluding carboxylic acids is 1. The fourth-order valence-corrected chi connectivity index (χ4v) is 2.54. The van der Waals surface area contributed by atoms with Gasteiger partial charge >= 0.3 is 0 Å². The Balaban J connectivity index is 1.84. The van der Waals surface area contributed by atoms with E-state index in [1.807, 2.05) is 0 Å². The van der Waals surface area contributed by atoms with E-state index in [2.05, 4.69) is 20.3 Å². The number of aromatic nitrogens is 2. The standard InChI is InChI=1S/C14H17N3O7/c1-6(19)15-11-13(21)12(20)10(5-18)23-14(11)22-7-2-3-8-9(4-7)17-24-16-8/h2-4,10-14,18,20-21H,5H2,1H3,(H,15,19). The predicted molar refractivity (Wildman–Crippen MR) is 77.8 cm³/mol. The van der Waals surface area contributed by atoms with Gasteiger partial charge in [0.05, 0.1) is 6.61 Å². The number of nitrogens with one attached hydrogen (secondary N) is 1. The van der Waals surface area contributed by atoms with E-state index < -0.39 is 43.2 Å². The van der Waals surface area contributed by atoms with Crippen LogP contribution in [0.1, 0.15) is 6.92 Å². The predicted octanol–water partition coefficient (Wildman–Crippen LogP) is -1.45. The van der Waals surface area contributed by atoms with Crippen molar-refractivity contribution in [2.24, 2.45) is 0 Å². The number of nitrogens with zero attached hydrogens (tertiary/aromatic N) is 2. The molecule has 1 aromatic carbocycles. The van der Waals surface area contributed by atoms with Gasteiger partial charge in [-0.2, -0.15) is 0 Å². The lowest BCUT2D eigenvalue weighted by Gasteiger charge is -2.42. The second kappa shape index (κ2) is 6.69. The van der Waals surface area contributed by atoms with Gasteiger partial charge in [-0.1, -0.05) is 0 Å². The van der Waals surface area contributed by atoms with Crippen molar-refractivity contribution in [1.82, 2.24) is 15.6 Å². The molecule has 1 aliphatic rings. The zero-order valence-corrected chi connectivity index (χ0v) is 12.7. The number of carbonyl (C=O) groups is 1. The van der Waals surface area contributed by atoms with Crippen LogP contribution in [0.25, 0.3) is 11.0 Å². The van der Waals surface area contributed by atoms with Crippen molar-refractivity contribution in [1.29, 1.82) is 0 Å². The van der Waals surface area contributed by atoms with Crippen LogP contribution in [-0.4, -0.2) is 68.8 Å². The van der Waals surface area contributed by atoms with E-state index in [1.54, 1.807) is 18.2 Å². The van der Waals surface area contributed by atoms with Crippen molar-refractivity contribution in [3.63, 3.8) is 0 Å². The second-order valence-corrected chi connectivity index (χ2v) is 5.47. The minimum Gasteiger partial charge on any atom is -0.462 e. The fraction of sp³-hybridized carbons (Fsp3) is 0.500. The Labute approximate surface area is 135 Å². The van der Waals surface area contributed by atoms with Gasteiger partial charge in [0, 0.05) is 13.0 Å². The molecule has 0 saturated carbocycles. The topological polar surface area (TPSA) is 147 Å². The van der Waals surface area contributed by atoms with E-state index in [9.17, 15) is 20.1 Å². The molecule has 0 spiro atoms. The summed E-state index contributed by atoms with van der Waals surface area (Å²) in [5.74, 6) is -0.0964. The maximum absolute atomic E-state index is 11.4. The second-order valence-electron chi connectivity index (χ2n) is 5.47. The first-order valence-electron chi connectivity index (χ1n) is 7.28. The number of hydrogen-bond donors (Lipinski definition) is 4. The monoisotopic (exact) mass is 339 g/mol. The molecule has 1 fully saturated rings. The molecule has 2 heterocycles. The van der Waals surface area contributed by atoms with Gasteiger partial charge in [-0.25, -0.2) is 4.63 Å². The van der Waals surface area contributed by atoms with Crippen LogP contribution >= 0.6 is 0 Å². The number of ether oxygens (including phenoxy) is 2. The van der Waals surface area contributed by atoms with Crippen LogP contribution in [0.3, 0.4) is 0 Å². The third-order valence-corrected chi connectivity index (χ3v) is 3.73. The lowest BCUT2D eigenvalue weighted by molar-refractivity contribution is -0.244. The normalized spacial score (nSPS) is 30.2. The molecule has 2 aromatic rings. The highest BCUT2D eigenvalue weighted by Crippen LogP contribution is 2.26. The van der Waals surface area contributed by atoms with E-state index in [4.69, 9.17) is 9.47 Å². The average molecular weight is 339 g/mol. The molecule has 1 saturated heterocycles. The zero-order chi connectivity index (χ0) is 17.3. The van der Waals surface area contributed by atoms with Crippen molar-refractivity contribution >= 4 is 16.9 Å². The molecule has 1 amide bonds. The number of benzene rings is 1. The molecule has 4 N–H and O–H groups in total. The number of aliphatic hydroxyl groups excluding tert-OH is 3. The Bertz CT molecular complexity index is 721. The highest BCUT2D eigenvalue weighted by molar-refractivity contribution is 5.74. The SMILES string of the molecule is CC(=O)NC1C(Oc2ccc3nonc3c2)OC(CO)C(O)C1O. The van der Waals surface area contributed by atoms with Crippen LogP contribution in [0.5, 0.6) is 5.75 Å². The molecule has 24 heavy (non-hydrogen) atoms. The van der Waals surface area contributed by atoms with Crippen LogP contribution in [0.15, 0.2) is 22.8 Å². The van der Waals surface area contributed by atoms with E-state index in [-0.39, 0.29) is 0 Å². The van der Waals surface area contributed by atoms with E-state index in [1.165, 1.54) is 6.92 Å². The minimum absolute atomic E-state index is 0.332. The quantitative estimate of drug-likeness (QED) is 0.525. The summed E-state index contributed by atoms with van der Waals surface area (Å²) in [7, 11) is 0. The molecular formula is C14H17N3O7. The third kappa shape index (κ3) is 3.17. The van der Waals surface area contributed by atoms with Gasteiger partial charge in [0.1, 0.15) is 41.1 Å². The Morgan fingerprint density at radius 1 is 1.29 bits per heavy atom. The number of aliphatic hydroxyl groups is 3. The summed E-state index contributed by atoms with van der Waals surface area (Å²) >= 11 is 0. The Hall–Kier alpha value is -2.27. The Morgan fingerprint density at radius 3 is 2.75 bits per heavy atom. The fourth-order valence-electron chi connectivity index (χ4n) is 2.54. The molecule has 0 radical (unpaired) electrons. The first-order valence-corrected chi connectivity index (χ1v) is 7.28. The molecular weight excluding hydrogens is 322 g/mol. The molecule has 3 rings (SSSR count). The average Bonchev–Trinajstić information content (AvgIpc) is 3.01. The number of fused-ring (bicyclic) bond motifs is 1. The van der Waals surface area contributed by atoms with Gasteiger partial charge in [0.15, 0.2) is 0 Å². The van der Waals surface area contributed by atoms with Crippen LogP contribution in [0.2, 0.25) is 0 Å². The maximum Gasteiger partial charge on any atom is 0.223 e. The van der Waals surface area contributed by atoms with Gasteiger partial charge in [0.25, 0.3) is 0 Å². The highest BCUT2D eigenvalue weighted by atomic mass is 16.7. The summed E-state index contributed by atoms with van der Waals surface area (Å²) in [5, 5.41) is 39.3. The van der Waals surface area contributed by atoms with Crippen LogP contribution in [-0.2, 0) is 9.53 Å². The summed E-state index contributed by atoms with van der Waals surface area (Å²) in [6, 6.07) is 3.73. The number of rotatable bonds is 4. The number of hydrogen-bond acceptors (Lipinski definition) is 9.